The molecule has 0 aromatic rings. The fourth-order valence-electron chi connectivity index (χ4n) is 0.358. The molecule has 0 aliphatic carbocycles. The Balaban J connectivity index is 3.11. The van der Waals surface area contributed by atoms with Gasteiger partial charge in [-0.1, -0.05) is 26.2 Å². The molecule has 0 fully saturated rings. The molecule has 0 unspecified atom stereocenters. The third kappa shape index (κ3) is 3.62. The van der Waals surface area contributed by atoms with Crippen molar-refractivity contribution in [3.05, 3.63) is 24.8 Å². The maximum Gasteiger partial charge on any atom is 0.0199 e. The van der Waals surface area contributed by atoms with E-state index in [0.29, 0.717) is 0 Å². The second-order valence-corrected chi connectivity index (χ2v) is 1.64. The zero-order valence-corrected chi connectivity index (χ0v) is 5.41. The molecule has 0 aromatic carbocycles. The normalized spacial score (nSPS) is 8.62. The lowest BCUT2D eigenvalue weighted by Crippen LogP contribution is -2.14. The van der Waals surface area contributed by atoms with Crippen molar-refractivity contribution in [1.82, 2.24) is 5.32 Å². The quantitative estimate of drug-likeness (QED) is 0.540. The average Bonchev–Trinajstić information content (AvgIpc) is 1.83. The third-order valence-electron chi connectivity index (χ3n) is 0.891. The van der Waals surface area contributed by atoms with Crippen LogP contribution in [0, 0.1) is 0 Å². The van der Waals surface area contributed by atoms with E-state index in [1.54, 1.807) is 6.08 Å². The summed E-state index contributed by atoms with van der Waals surface area (Å²) in [5.74, 6) is 0. The number of hydrogen-bond acceptors (Lipinski definition) is 1. The molecule has 0 aliphatic heterocycles. The first-order chi connectivity index (χ1) is 3.81. The van der Waals surface area contributed by atoms with Gasteiger partial charge in [0.2, 0.25) is 0 Å². The fourth-order valence-corrected chi connectivity index (χ4v) is 0.358. The monoisotopic (exact) mass is 111 g/mol. The zero-order valence-electron chi connectivity index (χ0n) is 5.41. The van der Waals surface area contributed by atoms with Gasteiger partial charge in [-0.3, -0.25) is 0 Å². The van der Waals surface area contributed by atoms with Gasteiger partial charge >= 0.3 is 0 Å². The minimum absolute atomic E-state index is 0.861. The van der Waals surface area contributed by atoms with E-state index >= 15 is 0 Å². The van der Waals surface area contributed by atoms with Gasteiger partial charge in [-0.15, -0.1) is 0 Å². The molecule has 0 heterocycles. The molecule has 0 spiro atoms. The molecule has 0 aromatic heterocycles. The van der Waals surface area contributed by atoms with Crippen molar-refractivity contribution in [2.75, 3.05) is 13.1 Å². The van der Waals surface area contributed by atoms with Crippen molar-refractivity contribution in [3.63, 3.8) is 0 Å². The Morgan fingerprint density at radius 1 is 1.75 bits per heavy atom. The highest BCUT2D eigenvalue weighted by Crippen LogP contribution is 1.84. The fraction of sp³-hybridized carbons (Fsp3) is 0.429. The molecule has 0 saturated heterocycles. The van der Waals surface area contributed by atoms with Crippen molar-refractivity contribution in [2.24, 2.45) is 0 Å². The molecule has 1 heteroatoms. The standard InChI is InChI=1S/C7H13N/c1-4-7(3)6-8-5-2/h4,8H,1,3,5-6H2,2H3. The van der Waals surface area contributed by atoms with E-state index in [1.165, 1.54) is 0 Å². The topological polar surface area (TPSA) is 12.0 Å². The molecular weight excluding hydrogens is 98.1 g/mol. The van der Waals surface area contributed by atoms with Crippen molar-refractivity contribution in [3.8, 4) is 0 Å². The number of likely N-dealkylation sites (N-methyl/N-ethyl adjacent to an activating group) is 1. The molecule has 1 N–H and O–H groups in total. The zero-order chi connectivity index (χ0) is 6.41. The van der Waals surface area contributed by atoms with E-state index in [2.05, 4.69) is 25.4 Å². The van der Waals surface area contributed by atoms with Crippen LogP contribution in [0.25, 0.3) is 0 Å². The number of rotatable bonds is 4. The Bertz CT molecular complexity index is 84.4. The summed E-state index contributed by atoms with van der Waals surface area (Å²) in [7, 11) is 0. The smallest absolute Gasteiger partial charge is 0.0199 e. The molecule has 0 aliphatic rings. The molecule has 0 amide bonds. The van der Waals surface area contributed by atoms with Crippen LogP contribution in [0.4, 0.5) is 0 Å². The highest BCUT2D eigenvalue weighted by molar-refractivity contribution is 5.12. The van der Waals surface area contributed by atoms with E-state index in [1.807, 2.05) is 0 Å². The first-order valence-corrected chi connectivity index (χ1v) is 2.82. The molecule has 0 rings (SSSR count). The van der Waals surface area contributed by atoms with Crippen LogP contribution in [0.3, 0.4) is 0 Å². The van der Waals surface area contributed by atoms with Crippen LogP contribution >= 0.6 is 0 Å². The van der Waals surface area contributed by atoms with Gasteiger partial charge in [-0.25, -0.2) is 0 Å². The highest BCUT2D eigenvalue weighted by atomic mass is 14.8. The molecule has 0 saturated carbocycles. The minimum atomic E-state index is 0.861. The van der Waals surface area contributed by atoms with Gasteiger partial charge in [0.25, 0.3) is 0 Å². The van der Waals surface area contributed by atoms with Crippen molar-refractivity contribution < 1.29 is 0 Å². The highest BCUT2D eigenvalue weighted by Gasteiger charge is 1.81. The Hall–Kier alpha value is -0.560. The van der Waals surface area contributed by atoms with E-state index in [9.17, 15) is 0 Å². The van der Waals surface area contributed by atoms with Gasteiger partial charge in [0.15, 0.2) is 0 Å². The maximum atomic E-state index is 3.73. The van der Waals surface area contributed by atoms with Crippen LogP contribution in [0.5, 0.6) is 0 Å². The Morgan fingerprint density at radius 2 is 2.38 bits per heavy atom. The summed E-state index contributed by atoms with van der Waals surface area (Å²) in [5.41, 5.74) is 1.05. The van der Waals surface area contributed by atoms with Gasteiger partial charge in [-0.05, 0) is 12.1 Å². The van der Waals surface area contributed by atoms with Gasteiger partial charge in [-0.2, -0.15) is 0 Å². The minimum Gasteiger partial charge on any atom is -0.313 e. The number of hydrogen-bond donors (Lipinski definition) is 1. The van der Waals surface area contributed by atoms with Crippen molar-refractivity contribution >= 4 is 0 Å². The first kappa shape index (κ1) is 7.44. The van der Waals surface area contributed by atoms with Crippen molar-refractivity contribution in [2.45, 2.75) is 6.92 Å². The first-order valence-electron chi connectivity index (χ1n) is 2.82. The van der Waals surface area contributed by atoms with Crippen LogP contribution in [-0.4, -0.2) is 13.1 Å². The molecule has 46 valence electrons. The van der Waals surface area contributed by atoms with Gasteiger partial charge in [0.1, 0.15) is 0 Å². The van der Waals surface area contributed by atoms with Gasteiger partial charge in [0, 0.05) is 6.54 Å². The van der Waals surface area contributed by atoms with E-state index in [-0.39, 0.29) is 0 Å². The predicted octanol–water partition coefficient (Wildman–Crippen LogP) is 1.34. The van der Waals surface area contributed by atoms with Crippen molar-refractivity contribution in [1.29, 1.82) is 0 Å². The lowest BCUT2D eigenvalue weighted by molar-refractivity contribution is 0.786. The van der Waals surface area contributed by atoms with E-state index < -0.39 is 0 Å². The second kappa shape index (κ2) is 4.60. The van der Waals surface area contributed by atoms with Crippen LogP contribution in [0.2, 0.25) is 0 Å². The summed E-state index contributed by atoms with van der Waals surface area (Å²) >= 11 is 0. The SMILES string of the molecule is C=CC(=C)CNCC. The number of nitrogens with one attached hydrogen (secondary N) is 1. The van der Waals surface area contributed by atoms with Gasteiger partial charge in [0.05, 0.1) is 0 Å². The maximum absolute atomic E-state index is 3.73. The molecule has 1 nitrogen and oxygen atoms in total. The third-order valence-corrected chi connectivity index (χ3v) is 0.891. The van der Waals surface area contributed by atoms with E-state index in [4.69, 9.17) is 0 Å². The Morgan fingerprint density at radius 3 is 2.75 bits per heavy atom. The second-order valence-electron chi connectivity index (χ2n) is 1.64. The summed E-state index contributed by atoms with van der Waals surface area (Å²) in [6.45, 7) is 11.2. The van der Waals surface area contributed by atoms with Crippen LogP contribution in [-0.2, 0) is 0 Å². The molecule has 8 heavy (non-hydrogen) atoms. The van der Waals surface area contributed by atoms with Crippen LogP contribution in [0.15, 0.2) is 24.8 Å². The summed E-state index contributed by atoms with van der Waals surface area (Å²) in [6, 6.07) is 0. The lowest BCUT2D eigenvalue weighted by atomic mass is 10.3. The van der Waals surface area contributed by atoms with Crippen LogP contribution < -0.4 is 5.32 Å². The summed E-state index contributed by atoms with van der Waals surface area (Å²) in [6.07, 6.45) is 1.77. The Labute approximate surface area is 51.1 Å². The summed E-state index contributed by atoms with van der Waals surface area (Å²) in [4.78, 5) is 0. The van der Waals surface area contributed by atoms with Gasteiger partial charge < -0.3 is 5.32 Å². The lowest BCUT2D eigenvalue weighted by Gasteiger charge is -1.97. The molecule has 0 atom stereocenters. The summed E-state index contributed by atoms with van der Waals surface area (Å²) < 4.78 is 0. The Kier molecular flexibility index (Phi) is 4.27. The predicted molar refractivity (Wildman–Crippen MR) is 37.9 cm³/mol. The molecule has 0 bridgehead atoms. The molecule has 0 radical (unpaired) electrons. The average molecular weight is 111 g/mol. The van der Waals surface area contributed by atoms with Crippen LogP contribution in [0.1, 0.15) is 6.92 Å². The molecular formula is C7H13N. The van der Waals surface area contributed by atoms with E-state index in [0.717, 1.165) is 18.7 Å². The largest absolute Gasteiger partial charge is 0.313 e. The summed E-state index contributed by atoms with van der Waals surface area (Å²) in [5, 5.41) is 3.13.